The summed E-state index contributed by atoms with van der Waals surface area (Å²) in [6.45, 7) is 5.68. The van der Waals surface area contributed by atoms with Crippen molar-refractivity contribution in [2.75, 3.05) is 5.32 Å². The topological polar surface area (TPSA) is 79.6 Å². The SMILES string of the molecule is Cc1ccc(Nc2c(-c3nnc(C)o3)cc3[nH]cnc3c2F)c(C)c1. The Labute approximate surface area is 143 Å². The van der Waals surface area contributed by atoms with Crippen LogP contribution >= 0.6 is 0 Å². The quantitative estimate of drug-likeness (QED) is 0.578. The number of H-pyrrole nitrogens is 1. The highest BCUT2D eigenvalue weighted by molar-refractivity contribution is 5.91. The normalized spacial score (nSPS) is 11.2. The lowest BCUT2D eigenvalue weighted by atomic mass is 10.1. The summed E-state index contributed by atoms with van der Waals surface area (Å²) < 4.78 is 20.6. The van der Waals surface area contributed by atoms with Gasteiger partial charge in [-0.15, -0.1) is 10.2 Å². The molecular formula is C18H16FN5O. The number of nitrogens with zero attached hydrogens (tertiary/aromatic N) is 3. The van der Waals surface area contributed by atoms with Crippen molar-refractivity contribution in [2.45, 2.75) is 20.8 Å². The van der Waals surface area contributed by atoms with Crippen LogP contribution in [0.1, 0.15) is 17.0 Å². The molecule has 2 N–H and O–H groups in total. The van der Waals surface area contributed by atoms with Crippen molar-refractivity contribution in [3.63, 3.8) is 0 Å². The number of benzene rings is 2. The van der Waals surface area contributed by atoms with E-state index in [1.807, 2.05) is 32.0 Å². The number of fused-ring (bicyclic) bond motifs is 1. The second kappa shape index (κ2) is 5.70. The van der Waals surface area contributed by atoms with E-state index in [2.05, 4.69) is 25.5 Å². The van der Waals surface area contributed by atoms with Gasteiger partial charge in [-0.2, -0.15) is 0 Å². The van der Waals surface area contributed by atoms with Gasteiger partial charge in [0.05, 0.1) is 23.1 Å². The zero-order chi connectivity index (χ0) is 17.6. The van der Waals surface area contributed by atoms with Crippen molar-refractivity contribution in [2.24, 2.45) is 0 Å². The minimum absolute atomic E-state index is 0.250. The number of halogens is 1. The third-order valence-corrected chi connectivity index (χ3v) is 4.05. The van der Waals surface area contributed by atoms with Gasteiger partial charge in [-0.3, -0.25) is 0 Å². The average Bonchev–Trinajstić information content (AvgIpc) is 3.20. The van der Waals surface area contributed by atoms with Crippen LogP contribution in [0.25, 0.3) is 22.5 Å². The standard InChI is InChI=1S/C18H16FN5O/c1-9-4-5-13(10(2)6-9)22-16-12(18-24-23-11(3)25-18)7-14-17(15(16)19)21-8-20-14/h4-8,22H,1-3H3,(H,20,21). The van der Waals surface area contributed by atoms with Crippen LogP contribution in [0.2, 0.25) is 0 Å². The molecule has 0 atom stereocenters. The molecule has 2 heterocycles. The minimum Gasteiger partial charge on any atom is -0.421 e. The van der Waals surface area contributed by atoms with E-state index in [-0.39, 0.29) is 17.1 Å². The predicted molar refractivity (Wildman–Crippen MR) is 93.3 cm³/mol. The lowest BCUT2D eigenvalue weighted by molar-refractivity contribution is 0.532. The molecule has 126 valence electrons. The molecule has 0 spiro atoms. The first-order chi connectivity index (χ1) is 12.0. The smallest absolute Gasteiger partial charge is 0.250 e. The fourth-order valence-corrected chi connectivity index (χ4v) is 2.83. The molecule has 25 heavy (non-hydrogen) atoms. The lowest BCUT2D eigenvalue weighted by Crippen LogP contribution is -2.00. The number of anilines is 2. The van der Waals surface area contributed by atoms with Crippen LogP contribution in [0.3, 0.4) is 0 Å². The number of aryl methyl sites for hydroxylation is 3. The van der Waals surface area contributed by atoms with E-state index in [0.29, 0.717) is 17.0 Å². The lowest BCUT2D eigenvalue weighted by Gasteiger charge is -2.14. The fraction of sp³-hybridized carbons (Fsp3) is 0.167. The van der Waals surface area contributed by atoms with Gasteiger partial charge in [-0.1, -0.05) is 17.7 Å². The van der Waals surface area contributed by atoms with Crippen LogP contribution in [0.15, 0.2) is 35.0 Å². The molecule has 4 rings (SSSR count). The van der Waals surface area contributed by atoms with E-state index in [9.17, 15) is 0 Å². The molecule has 0 fully saturated rings. The second-order valence-corrected chi connectivity index (χ2v) is 5.98. The maximum atomic E-state index is 15.1. The molecule has 7 heteroatoms. The van der Waals surface area contributed by atoms with Gasteiger partial charge >= 0.3 is 0 Å². The van der Waals surface area contributed by atoms with E-state index in [1.54, 1.807) is 13.0 Å². The Balaban J connectivity index is 1.92. The van der Waals surface area contributed by atoms with Crippen molar-refractivity contribution in [1.82, 2.24) is 20.2 Å². The predicted octanol–water partition coefficient (Wildman–Crippen LogP) is 4.42. The Morgan fingerprint density at radius 3 is 2.68 bits per heavy atom. The highest BCUT2D eigenvalue weighted by atomic mass is 19.1. The monoisotopic (exact) mass is 337 g/mol. The maximum absolute atomic E-state index is 15.1. The molecule has 0 aliphatic heterocycles. The molecular weight excluding hydrogens is 321 g/mol. The summed E-state index contributed by atoms with van der Waals surface area (Å²) in [5.74, 6) is 0.197. The first kappa shape index (κ1) is 15.3. The number of rotatable bonds is 3. The van der Waals surface area contributed by atoms with Gasteiger partial charge in [0.2, 0.25) is 11.8 Å². The summed E-state index contributed by atoms with van der Waals surface area (Å²) in [7, 11) is 0. The molecule has 0 amide bonds. The maximum Gasteiger partial charge on any atom is 0.250 e. The molecule has 2 aromatic carbocycles. The van der Waals surface area contributed by atoms with Crippen LogP contribution in [0.4, 0.5) is 15.8 Å². The van der Waals surface area contributed by atoms with E-state index in [4.69, 9.17) is 4.42 Å². The van der Waals surface area contributed by atoms with Gasteiger partial charge in [0.15, 0.2) is 5.82 Å². The summed E-state index contributed by atoms with van der Waals surface area (Å²) in [6, 6.07) is 7.67. The Morgan fingerprint density at radius 1 is 1.12 bits per heavy atom. The van der Waals surface area contributed by atoms with Crippen LogP contribution in [-0.2, 0) is 0 Å². The van der Waals surface area contributed by atoms with Gasteiger partial charge < -0.3 is 14.7 Å². The summed E-state index contributed by atoms with van der Waals surface area (Å²) in [6.07, 6.45) is 1.46. The van der Waals surface area contributed by atoms with Gasteiger partial charge in [-0.25, -0.2) is 9.37 Å². The minimum atomic E-state index is -0.468. The number of aromatic amines is 1. The highest BCUT2D eigenvalue weighted by Crippen LogP contribution is 2.36. The van der Waals surface area contributed by atoms with E-state index >= 15 is 4.39 Å². The Bertz CT molecular complexity index is 1080. The van der Waals surface area contributed by atoms with Crippen molar-refractivity contribution in [3.8, 4) is 11.5 Å². The highest BCUT2D eigenvalue weighted by Gasteiger charge is 2.21. The first-order valence-corrected chi connectivity index (χ1v) is 7.83. The largest absolute Gasteiger partial charge is 0.421 e. The molecule has 6 nitrogen and oxygen atoms in total. The van der Waals surface area contributed by atoms with Crippen molar-refractivity contribution in [1.29, 1.82) is 0 Å². The third-order valence-electron chi connectivity index (χ3n) is 4.05. The second-order valence-electron chi connectivity index (χ2n) is 5.98. The number of nitrogens with one attached hydrogen (secondary N) is 2. The molecule has 0 saturated heterocycles. The summed E-state index contributed by atoms with van der Waals surface area (Å²) >= 11 is 0. The molecule has 0 radical (unpaired) electrons. The van der Waals surface area contributed by atoms with Gasteiger partial charge in [-0.05, 0) is 31.5 Å². The van der Waals surface area contributed by atoms with Gasteiger partial charge in [0.25, 0.3) is 0 Å². The number of hydrogen-bond donors (Lipinski definition) is 2. The fourth-order valence-electron chi connectivity index (χ4n) is 2.83. The number of hydrogen-bond acceptors (Lipinski definition) is 5. The molecule has 0 unspecified atom stereocenters. The van der Waals surface area contributed by atoms with E-state index in [0.717, 1.165) is 16.8 Å². The molecule has 0 aliphatic rings. The molecule has 0 saturated carbocycles. The van der Waals surface area contributed by atoms with Crippen molar-refractivity contribution >= 4 is 22.4 Å². The average molecular weight is 337 g/mol. The zero-order valence-electron chi connectivity index (χ0n) is 14.0. The summed E-state index contributed by atoms with van der Waals surface area (Å²) in [5, 5.41) is 11.0. The van der Waals surface area contributed by atoms with Gasteiger partial charge in [0.1, 0.15) is 5.52 Å². The van der Waals surface area contributed by atoms with Crippen LogP contribution < -0.4 is 5.32 Å². The zero-order valence-corrected chi connectivity index (χ0v) is 14.0. The number of imidazole rings is 1. The van der Waals surface area contributed by atoms with Crippen molar-refractivity contribution < 1.29 is 8.81 Å². The van der Waals surface area contributed by atoms with Crippen LogP contribution in [0, 0.1) is 26.6 Å². The van der Waals surface area contributed by atoms with E-state index in [1.165, 1.54) is 6.33 Å². The van der Waals surface area contributed by atoms with Crippen LogP contribution in [0.5, 0.6) is 0 Å². The van der Waals surface area contributed by atoms with Crippen molar-refractivity contribution in [3.05, 3.63) is 53.4 Å². The molecule has 0 bridgehead atoms. The Morgan fingerprint density at radius 2 is 1.96 bits per heavy atom. The van der Waals surface area contributed by atoms with Gasteiger partial charge in [0, 0.05) is 12.6 Å². The Kier molecular flexibility index (Phi) is 3.49. The number of aromatic nitrogens is 4. The Hall–Kier alpha value is -3.22. The first-order valence-electron chi connectivity index (χ1n) is 7.83. The summed E-state index contributed by atoms with van der Waals surface area (Å²) in [5.41, 5.74) is 4.51. The molecule has 2 aromatic heterocycles. The summed E-state index contributed by atoms with van der Waals surface area (Å²) in [4.78, 5) is 6.98. The van der Waals surface area contributed by atoms with Crippen LogP contribution in [-0.4, -0.2) is 20.2 Å². The molecule has 4 aromatic rings. The molecule has 0 aliphatic carbocycles. The van der Waals surface area contributed by atoms with E-state index < -0.39 is 5.82 Å². The third kappa shape index (κ3) is 2.63.